The van der Waals surface area contributed by atoms with E-state index in [9.17, 15) is 12.8 Å². The molecule has 2 heterocycles. The minimum Gasteiger partial charge on any atom is -0.497 e. The van der Waals surface area contributed by atoms with Crippen LogP contribution in [0.1, 0.15) is 11.7 Å². The molecule has 0 bridgehead atoms. The van der Waals surface area contributed by atoms with E-state index in [1.165, 1.54) is 16.4 Å². The van der Waals surface area contributed by atoms with Gasteiger partial charge in [0.25, 0.3) is 0 Å². The molecule has 1 aliphatic heterocycles. The molecule has 0 unspecified atom stereocenters. The third kappa shape index (κ3) is 5.23. The number of hydrogen-bond acceptors (Lipinski definition) is 8. The maximum Gasteiger partial charge on any atom is 0.243 e. The Morgan fingerprint density at radius 1 is 1.00 bits per heavy atom. The predicted molar refractivity (Wildman–Crippen MR) is 112 cm³/mol. The van der Waals surface area contributed by atoms with Crippen LogP contribution in [0.3, 0.4) is 0 Å². The predicted octanol–water partition coefficient (Wildman–Crippen LogP) is 2.30. The monoisotopic (exact) mass is 462 g/mol. The molecule has 3 aromatic rings. The van der Waals surface area contributed by atoms with Gasteiger partial charge in [0, 0.05) is 26.2 Å². The van der Waals surface area contributed by atoms with Gasteiger partial charge < -0.3 is 14.0 Å². The first-order valence-electron chi connectivity index (χ1n) is 10.0. The number of methoxy groups -OCH3 is 1. The first kappa shape index (κ1) is 22.2. The van der Waals surface area contributed by atoms with Gasteiger partial charge in [-0.1, -0.05) is 5.16 Å². The topological polar surface area (TPSA) is 98.0 Å². The molecule has 32 heavy (non-hydrogen) atoms. The summed E-state index contributed by atoms with van der Waals surface area (Å²) in [6.45, 7) is 2.25. The Morgan fingerprint density at radius 2 is 1.66 bits per heavy atom. The lowest BCUT2D eigenvalue weighted by atomic mass is 10.3. The molecule has 170 valence electrons. The lowest BCUT2D eigenvalue weighted by Gasteiger charge is -2.33. The van der Waals surface area contributed by atoms with E-state index in [2.05, 4.69) is 10.1 Å². The van der Waals surface area contributed by atoms with Crippen LogP contribution in [-0.4, -0.2) is 61.1 Å². The van der Waals surface area contributed by atoms with Crippen LogP contribution in [0.5, 0.6) is 11.5 Å². The Balaban J connectivity index is 1.27. The van der Waals surface area contributed by atoms with Gasteiger partial charge in [-0.15, -0.1) is 0 Å². The highest BCUT2D eigenvalue weighted by Crippen LogP contribution is 2.20. The average Bonchev–Trinajstić information content (AvgIpc) is 3.26. The second-order valence-electron chi connectivity index (χ2n) is 7.20. The minimum absolute atomic E-state index is 0.0887. The summed E-state index contributed by atoms with van der Waals surface area (Å²) in [5, 5.41) is 3.93. The van der Waals surface area contributed by atoms with E-state index in [4.69, 9.17) is 14.0 Å². The number of benzene rings is 2. The van der Waals surface area contributed by atoms with E-state index in [-0.39, 0.29) is 11.5 Å². The van der Waals surface area contributed by atoms with Crippen LogP contribution < -0.4 is 9.47 Å². The first-order chi connectivity index (χ1) is 15.4. The van der Waals surface area contributed by atoms with Crippen molar-refractivity contribution in [1.29, 1.82) is 0 Å². The Hall–Kier alpha value is -3.02. The number of ether oxygens (including phenoxy) is 2. The number of halogens is 1. The third-order valence-corrected chi connectivity index (χ3v) is 6.99. The zero-order valence-corrected chi connectivity index (χ0v) is 18.3. The van der Waals surface area contributed by atoms with Crippen LogP contribution in [0.2, 0.25) is 0 Å². The Kier molecular flexibility index (Phi) is 6.68. The van der Waals surface area contributed by atoms with Crippen LogP contribution in [0.4, 0.5) is 4.39 Å². The highest BCUT2D eigenvalue weighted by Gasteiger charge is 2.29. The van der Waals surface area contributed by atoms with Crippen molar-refractivity contribution in [1.82, 2.24) is 19.3 Å². The van der Waals surface area contributed by atoms with Gasteiger partial charge in [-0.2, -0.15) is 9.29 Å². The Bertz CT molecular complexity index is 1130. The summed E-state index contributed by atoms with van der Waals surface area (Å²) in [6, 6.07) is 12.0. The van der Waals surface area contributed by atoms with Crippen LogP contribution in [0, 0.1) is 5.82 Å². The van der Waals surface area contributed by atoms with E-state index < -0.39 is 15.8 Å². The molecule has 1 aliphatic rings. The molecule has 11 heteroatoms. The van der Waals surface area contributed by atoms with Crippen molar-refractivity contribution < 1.29 is 26.8 Å². The Labute approximate surface area is 185 Å². The van der Waals surface area contributed by atoms with Gasteiger partial charge in [-0.05, 0) is 48.5 Å². The van der Waals surface area contributed by atoms with E-state index in [0.717, 1.165) is 17.9 Å². The molecule has 0 atom stereocenters. The molecule has 0 amide bonds. The van der Waals surface area contributed by atoms with Gasteiger partial charge in [0.2, 0.25) is 21.7 Å². The number of hydrogen-bond donors (Lipinski definition) is 0. The first-order valence-corrected chi connectivity index (χ1v) is 11.4. The smallest absolute Gasteiger partial charge is 0.243 e. The number of piperazine rings is 1. The van der Waals surface area contributed by atoms with Crippen molar-refractivity contribution in [3.05, 3.63) is 66.1 Å². The van der Waals surface area contributed by atoms with Crippen molar-refractivity contribution in [3.63, 3.8) is 0 Å². The molecule has 0 saturated carbocycles. The summed E-state index contributed by atoms with van der Waals surface area (Å²) in [5.74, 6) is 1.80. The molecule has 0 radical (unpaired) electrons. The van der Waals surface area contributed by atoms with E-state index >= 15 is 0 Å². The quantitative estimate of drug-likeness (QED) is 0.503. The molecule has 0 N–H and O–H groups in total. The fourth-order valence-corrected chi connectivity index (χ4v) is 4.73. The van der Waals surface area contributed by atoms with Crippen molar-refractivity contribution in [3.8, 4) is 11.5 Å². The molecule has 0 spiro atoms. The fraction of sp³-hybridized carbons (Fsp3) is 0.333. The molecular weight excluding hydrogens is 439 g/mol. The van der Waals surface area contributed by atoms with Gasteiger partial charge in [-0.3, -0.25) is 4.90 Å². The van der Waals surface area contributed by atoms with Gasteiger partial charge in [-0.25, -0.2) is 12.8 Å². The van der Waals surface area contributed by atoms with Crippen LogP contribution in [-0.2, 0) is 23.2 Å². The summed E-state index contributed by atoms with van der Waals surface area (Å²) >= 11 is 0. The molecule has 2 aromatic carbocycles. The van der Waals surface area contributed by atoms with Crippen LogP contribution >= 0.6 is 0 Å². The van der Waals surface area contributed by atoms with Gasteiger partial charge >= 0.3 is 0 Å². The average molecular weight is 463 g/mol. The summed E-state index contributed by atoms with van der Waals surface area (Å²) in [4.78, 5) is 6.47. The number of nitrogens with zero attached hydrogens (tertiary/aromatic N) is 4. The molecule has 1 fully saturated rings. The molecular formula is C21H23FN4O5S. The lowest BCUT2D eigenvalue weighted by molar-refractivity contribution is 0.163. The number of aromatic nitrogens is 2. The van der Waals surface area contributed by atoms with Crippen molar-refractivity contribution in [2.75, 3.05) is 33.3 Å². The van der Waals surface area contributed by atoms with E-state index in [1.54, 1.807) is 31.4 Å². The van der Waals surface area contributed by atoms with Crippen molar-refractivity contribution >= 4 is 10.0 Å². The maximum absolute atomic E-state index is 13.1. The van der Waals surface area contributed by atoms with E-state index in [0.29, 0.717) is 50.2 Å². The van der Waals surface area contributed by atoms with Crippen LogP contribution in [0.25, 0.3) is 0 Å². The standard InChI is InChI=1S/C21H23FN4O5S/c1-29-17-4-6-18(7-5-17)30-15-20-23-21(31-24-20)14-25-10-12-26(13-11-25)32(27,28)19-8-2-16(22)3-9-19/h2-9H,10-15H2,1H3. The van der Waals surface area contributed by atoms with Gasteiger partial charge in [0.05, 0.1) is 18.6 Å². The number of rotatable bonds is 8. The summed E-state index contributed by atoms with van der Waals surface area (Å²) < 4.78 is 56.0. The molecule has 9 nitrogen and oxygen atoms in total. The molecule has 0 aliphatic carbocycles. The molecule has 4 rings (SSSR count). The molecule has 1 aromatic heterocycles. The van der Waals surface area contributed by atoms with Crippen molar-refractivity contribution in [2.24, 2.45) is 0 Å². The Morgan fingerprint density at radius 3 is 2.31 bits per heavy atom. The largest absolute Gasteiger partial charge is 0.497 e. The highest BCUT2D eigenvalue weighted by atomic mass is 32.2. The summed E-state index contributed by atoms with van der Waals surface area (Å²) in [7, 11) is -2.05. The van der Waals surface area contributed by atoms with Gasteiger partial charge in [0.15, 0.2) is 6.61 Å². The second kappa shape index (κ2) is 9.63. The zero-order chi connectivity index (χ0) is 22.6. The van der Waals surface area contributed by atoms with Crippen molar-refractivity contribution in [2.45, 2.75) is 18.0 Å². The fourth-order valence-electron chi connectivity index (χ4n) is 3.31. The second-order valence-corrected chi connectivity index (χ2v) is 9.14. The maximum atomic E-state index is 13.1. The third-order valence-electron chi connectivity index (χ3n) is 5.08. The summed E-state index contributed by atoms with van der Waals surface area (Å²) in [6.07, 6.45) is 0. The normalized spacial score (nSPS) is 15.6. The lowest BCUT2D eigenvalue weighted by Crippen LogP contribution is -2.48. The molecule has 1 saturated heterocycles. The SMILES string of the molecule is COc1ccc(OCc2noc(CN3CCN(S(=O)(=O)c4ccc(F)cc4)CC3)n2)cc1. The minimum atomic E-state index is -3.64. The van der Waals surface area contributed by atoms with E-state index in [1.807, 2.05) is 4.90 Å². The van der Waals surface area contributed by atoms with Crippen LogP contribution in [0.15, 0.2) is 57.9 Å². The zero-order valence-electron chi connectivity index (χ0n) is 17.5. The van der Waals surface area contributed by atoms with Gasteiger partial charge in [0.1, 0.15) is 17.3 Å². The number of sulfonamides is 1. The summed E-state index contributed by atoms with van der Waals surface area (Å²) in [5.41, 5.74) is 0. The highest BCUT2D eigenvalue weighted by molar-refractivity contribution is 7.89.